The number of halogens is 1. The van der Waals surface area contributed by atoms with Gasteiger partial charge in [-0.1, -0.05) is 26.8 Å². The Balaban J connectivity index is 2.20. The van der Waals surface area contributed by atoms with E-state index in [1.807, 2.05) is 6.07 Å². The third-order valence-electron chi connectivity index (χ3n) is 3.17. The minimum atomic E-state index is 0.133. The van der Waals surface area contributed by atoms with Crippen molar-refractivity contribution in [2.75, 3.05) is 12.4 Å². The highest BCUT2D eigenvalue weighted by atomic mass is 79.9. The van der Waals surface area contributed by atoms with E-state index in [1.165, 1.54) is 11.1 Å². The maximum Gasteiger partial charge on any atom is 0.141 e. The highest BCUT2D eigenvalue weighted by Gasteiger charge is 2.15. The summed E-state index contributed by atoms with van der Waals surface area (Å²) < 4.78 is 6.59. The number of methoxy groups -OCH3 is 1. The van der Waals surface area contributed by atoms with Gasteiger partial charge >= 0.3 is 0 Å². The van der Waals surface area contributed by atoms with E-state index in [2.05, 4.69) is 65.6 Å². The predicted molar refractivity (Wildman–Crippen MR) is 91.0 cm³/mol. The first-order valence-corrected chi connectivity index (χ1v) is 8.22. The van der Waals surface area contributed by atoms with Gasteiger partial charge in [-0.3, -0.25) is 0 Å². The quantitative estimate of drug-likeness (QED) is 0.791. The van der Waals surface area contributed by atoms with Crippen molar-refractivity contribution in [1.82, 2.24) is 0 Å². The highest BCUT2D eigenvalue weighted by molar-refractivity contribution is 9.11. The summed E-state index contributed by atoms with van der Waals surface area (Å²) in [5, 5.41) is 5.62. The lowest BCUT2D eigenvalue weighted by Gasteiger charge is -2.21. The molecule has 0 bridgehead atoms. The van der Waals surface area contributed by atoms with Crippen molar-refractivity contribution in [3.05, 3.63) is 44.6 Å². The number of hydrogen-bond donors (Lipinski definition) is 1. The molecule has 0 spiro atoms. The van der Waals surface area contributed by atoms with Crippen LogP contribution >= 0.6 is 27.3 Å². The minimum Gasteiger partial charge on any atom is -0.495 e. The average molecular weight is 354 g/mol. The Kier molecular flexibility index (Phi) is 4.76. The number of benzene rings is 1. The molecule has 1 heterocycles. The van der Waals surface area contributed by atoms with Crippen molar-refractivity contribution in [2.24, 2.45) is 0 Å². The average Bonchev–Trinajstić information content (AvgIpc) is 2.80. The van der Waals surface area contributed by atoms with Crippen LogP contribution in [0.5, 0.6) is 5.75 Å². The molecule has 0 amide bonds. The molecule has 0 aliphatic rings. The Morgan fingerprint density at radius 2 is 2.00 bits per heavy atom. The van der Waals surface area contributed by atoms with Crippen molar-refractivity contribution in [3.8, 4) is 5.75 Å². The fourth-order valence-corrected chi connectivity index (χ4v) is 3.16. The van der Waals surface area contributed by atoms with Gasteiger partial charge in [0.1, 0.15) is 5.75 Å². The SMILES string of the molecule is COc1ccc(C(C)(C)C)cc1NCc1csc(Br)c1. The van der Waals surface area contributed by atoms with Crippen molar-refractivity contribution < 1.29 is 4.74 Å². The smallest absolute Gasteiger partial charge is 0.141 e. The van der Waals surface area contributed by atoms with Crippen LogP contribution in [0.1, 0.15) is 31.9 Å². The number of rotatable bonds is 4. The van der Waals surface area contributed by atoms with Crippen molar-refractivity contribution >= 4 is 33.0 Å². The van der Waals surface area contributed by atoms with Gasteiger partial charge in [0.05, 0.1) is 16.6 Å². The number of ether oxygens (including phenoxy) is 1. The van der Waals surface area contributed by atoms with E-state index in [1.54, 1.807) is 18.4 Å². The summed E-state index contributed by atoms with van der Waals surface area (Å²) in [5.74, 6) is 0.882. The fourth-order valence-electron chi connectivity index (χ4n) is 1.95. The lowest BCUT2D eigenvalue weighted by Crippen LogP contribution is -2.12. The van der Waals surface area contributed by atoms with Crippen LogP contribution in [0.15, 0.2) is 33.4 Å². The van der Waals surface area contributed by atoms with Crippen LogP contribution in [-0.2, 0) is 12.0 Å². The lowest BCUT2D eigenvalue weighted by atomic mass is 9.87. The van der Waals surface area contributed by atoms with Crippen molar-refractivity contribution in [1.29, 1.82) is 0 Å². The fraction of sp³-hybridized carbons (Fsp3) is 0.375. The third kappa shape index (κ3) is 3.76. The van der Waals surface area contributed by atoms with Crippen LogP contribution in [0.3, 0.4) is 0 Å². The van der Waals surface area contributed by atoms with Gasteiger partial charge in [0.15, 0.2) is 0 Å². The van der Waals surface area contributed by atoms with Crippen molar-refractivity contribution in [3.63, 3.8) is 0 Å². The molecule has 0 radical (unpaired) electrons. The molecule has 0 aliphatic heterocycles. The van der Waals surface area contributed by atoms with Gasteiger partial charge in [-0.05, 0) is 56.1 Å². The van der Waals surface area contributed by atoms with E-state index in [-0.39, 0.29) is 5.41 Å². The number of thiophene rings is 1. The molecule has 2 rings (SSSR count). The molecule has 1 aromatic carbocycles. The zero-order chi connectivity index (χ0) is 14.8. The molecule has 0 aliphatic carbocycles. The molecule has 0 unspecified atom stereocenters. The third-order valence-corrected chi connectivity index (χ3v) is 4.72. The van der Waals surface area contributed by atoms with Gasteiger partial charge in [-0.15, -0.1) is 11.3 Å². The predicted octanol–water partition coefficient (Wildman–Crippen LogP) is 5.43. The van der Waals surface area contributed by atoms with Crippen LogP contribution in [0, 0.1) is 0 Å². The Bertz CT molecular complexity index is 586. The molecule has 108 valence electrons. The molecule has 1 N–H and O–H groups in total. The number of anilines is 1. The maximum absolute atomic E-state index is 5.44. The lowest BCUT2D eigenvalue weighted by molar-refractivity contribution is 0.416. The first-order chi connectivity index (χ1) is 9.40. The maximum atomic E-state index is 5.44. The van der Waals surface area contributed by atoms with Gasteiger partial charge < -0.3 is 10.1 Å². The molecular weight excluding hydrogens is 334 g/mol. The van der Waals surface area contributed by atoms with E-state index in [0.29, 0.717) is 0 Å². The Morgan fingerprint density at radius 1 is 1.25 bits per heavy atom. The van der Waals surface area contributed by atoms with Gasteiger partial charge in [-0.2, -0.15) is 0 Å². The molecule has 0 fully saturated rings. The summed E-state index contributed by atoms with van der Waals surface area (Å²) in [6, 6.07) is 8.48. The van der Waals surface area contributed by atoms with Gasteiger partial charge in [0, 0.05) is 6.54 Å². The summed E-state index contributed by atoms with van der Waals surface area (Å²) in [6.45, 7) is 7.45. The molecule has 4 heteroatoms. The topological polar surface area (TPSA) is 21.3 Å². The van der Waals surface area contributed by atoms with Crippen LogP contribution in [0.2, 0.25) is 0 Å². The van der Waals surface area contributed by atoms with E-state index in [9.17, 15) is 0 Å². The van der Waals surface area contributed by atoms with Gasteiger partial charge in [-0.25, -0.2) is 0 Å². The first kappa shape index (κ1) is 15.4. The summed E-state index contributed by atoms with van der Waals surface area (Å²) in [6.07, 6.45) is 0. The Morgan fingerprint density at radius 3 is 2.55 bits per heavy atom. The molecule has 2 aromatic rings. The normalized spacial score (nSPS) is 11.4. The van der Waals surface area contributed by atoms with E-state index in [0.717, 1.165) is 21.8 Å². The van der Waals surface area contributed by atoms with Crippen LogP contribution in [0.25, 0.3) is 0 Å². The van der Waals surface area contributed by atoms with E-state index >= 15 is 0 Å². The number of hydrogen-bond acceptors (Lipinski definition) is 3. The second-order valence-electron chi connectivity index (χ2n) is 5.78. The van der Waals surface area contributed by atoms with Crippen molar-refractivity contribution in [2.45, 2.75) is 32.7 Å². The summed E-state index contributed by atoms with van der Waals surface area (Å²) in [4.78, 5) is 0. The van der Waals surface area contributed by atoms with E-state index < -0.39 is 0 Å². The number of nitrogens with one attached hydrogen (secondary N) is 1. The summed E-state index contributed by atoms with van der Waals surface area (Å²) >= 11 is 5.19. The van der Waals surface area contributed by atoms with Crippen LogP contribution < -0.4 is 10.1 Å². The highest BCUT2D eigenvalue weighted by Crippen LogP contribution is 2.32. The zero-order valence-corrected chi connectivity index (χ0v) is 14.7. The monoisotopic (exact) mass is 353 g/mol. The molecule has 0 saturated carbocycles. The molecular formula is C16H20BrNOS. The standard InChI is InChI=1S/C16H20BrNOS/c1-16(2,3)12-5-6-14(19-4)13(8-12)18-9-11-7-15(17)20-10-11/h5-8,10,18H,9H2,1-4H3. The zero-order valence-electron chi connectivity index (χ0n) is 12.3. The minimum absolute atomic E-state index is 0.133. The second-order valence-corrected chi connectivity index (χ2v) is 8.07. The second kappa shape index (κ2) is 6.19. The Labute approximate surface area is 133 Å². The summed E-state index contributed by atoms with van der Waals surface area (Å²) in [5.41, 5.74) is 3.74. The van der Waals surface area contributed by atoms with E-state index in [4.69, 9.17) is 4.74 Å². The largest absolute Gasteiger partial charge is 0.495 e. The van der Waals surface area contributed by atoms with Crippen LogP contribution in [0.4, 0.5) is 5.69 Å². The van der Waals surface area contributed by atoms with Gasteiger partial charge in [0.25, 0.3) is 0 Å². The molecule has 1 aromatic heterocycles. The molecule has 20 heavy (non-hydrogen) atoms. The van der Waals surface area contributed by atoms with Crippen LogP contribution in [-0.4, -0.2) is 7.11 Å². The summed E-state index contributed by atoms with van der Waals surface area (Å²) in [7, 11) is 1.71. The first-order valence-electron chi connectivity index (χ1n) is 6.55. The Hall–Kier alpha value is -1.00. The molecule has 0 atom stereocenters. The molecule has 2 nitrogen and oxygen atoms in total. The van der Waals surface area contributed by atoms with Gasteiger partial charge in [0.2, 0.25) is 0 Å². The molecule has 0 saturated heterocycles.